The van der Waals surface area contributed by atoms with Crippen molar-refractivity contribution in [2.24, 2.45) is 5.92 Å². The van der Waals surface area contributed by atoms with Crippen LogP contribution in [0, 0.1) is 18.7 Å². The SMILES string of the molecule is Cc1cc2c(n1-c1ccc(C(=O)NCc3cccc(F)c3)cc1)CC[C@@H](C)C2. The lowest BCUT2D eigenvalue weighted by Gasteiger charge is -2.21. The van der Waals surface area contributed by atoms with Gasteiger partial charge in [0.25, 0.3) is 5.91 Å². The second-order valence-corrected chi connectivity index (χ2v) is 7.80. The molecule has 0 spiro atoms. The Morgan fingerprint density at radius 3 is 2.71 bits per heavy atom. The monoisotopic (exact) mass is 376 g/mol. The van der Waals surface area contributed by atoms with Gasteiger partial charge >= 0.3 is 0 Å². The Bertz CT molecular complexity index is 1000. The normalized spacial score (nSPS) is 15.9. The molecule has 0 unspecified atom stereocenters. The summed E-state index contributed by atoms with van der Waals surface area (Å²) in [5.74, 6) is 0.290. The van der Waals surface area contributed by atoms with Crippen LogP contribution in [0.5, 0.6) is 0 Å². The maximum atomic E-state index is 13.3. The van der Waals surface area contributed by atoms with Gasteiger partial charge in [0.15, 0.2) is 0 Å². The van der Waals surface area contributed by atoms with E-state index >= 15 is 0 Å². The van der Waals surface area contributed by atoms with Gasteiger partial charge in [0.05, 0.1) is 0 Å². The Hall–Kier alpha value is -2.88. The van der Waals surface area contributed by atoms with Crippen LogP contribution in [0.25, 0.3) is 5.69 Å². The molecule has 4 heteroatoms. The van der Waals surface area contributed by atoms with Gasteiger partial charge in [-0.3, -0.25) is 4.79 Å². The summed E-state index contributed by atoms with van der Waals surface area (Å²) in [6, 6.07) is 16.3. The molecule has 1 heterocycles. The molecule has 1 aromatic heterocycles. The predicted molar refractivity (Wildman–Crippen MR) is 109 cm³/mol. The molecule has 1 aliphatic carbocycles. The number of nitrogens with zero attached hydrogens (tertiary/aromatic N) is 1. The number of nitrogens with one attached hydrogen (secondary N) is 1. The number of halogens is 1. The summed E-state index contributed by atoms with van der Waals surface area (Å²) < 4.78 is 15.6. The van der Waals surface area contributed by atoms with E-state index in [0.29, 0.717) is 12.1 Å². The second kappa shape index (κ2) is 7.63. The van der Waals surface area contributed by atoms with Crippen LogP contribution in [-0.2, 0) is 19.4 Å². The molecule has 2 aromatic carbocycles. The molecular formula is C24H25FN2O. The highest BCUT2D eigenvalue weighted by atomic mass is 19.1. The lowest BCUT2D eigenvalue weighted by atomic mass is 9.89. The fourth-order valence-corrected chi connectivity index (χ4v) is 4.12. The van der Waals surface area contributed by atoms with Gasteiger partial charge in [0.2, 0.25) is 0 Å². The van der Waals surface area contributed by atoms with Gasteiger partial charge in [-0.2, -0.15) is 0 Å². The molecule has 0 radical (unpaired) electrons. The topological polar surface area (TPSA) is 34.0 Å². The second-order valence-electron chi connectivity index (χ2n) is 7.80. The number of aryl methyl sites for hydroxylation is 1. The first-order valence-electron chi connectivity index (χ1n) is 9.84. The lowest BCUT2D eigenvalue weighted by Crippen LogP contribution is -2.22. The third-order valence-corrected chi connectivity index (χ3v) is 5.55. The molecule has 3 nitrogen and oxygen atoms in total. The first-order valence-corrected chi connectivity index (χ1v) is 9.84. The summed E-state index contributed by atoms with van der Waals surface area (Å²) in [4.78, 5) is 12.4. The Balaban J connectivity index is 1.49. The minimum Gasteiger partial charge on any atom is -0.348 e. The molecule has 0 saturated carbocycles. The van der Waals surface area contributed by atoms with Gasteiger partial charge in [0.1, 0.15) is 5.82 Å². The van der Waals surface area contributed by atoms with E-state index in [1.807, 2.05) is 24.3 Å². The van der Waals surface area contributed by atoms with Crippen molar-refractivity contribution >= 4 is 5.91 Å². The molecule has 0 aliphatic heterocycles. The highest BCUT2D eigenvalue weighted by Crippen LogP contribution is 2.30. The van der Waals surface area contributed by atoms with Crippen molar-refractivity contribution in [1.29, 1.82) is 0 Å². The molecule has 0 fully saturated rings. The standard InChI is InChI=1S/C24H25FN2O/c1-16-6-11-23-20(12-16)13-17(2)27(23)22-9-7-19(8-10-22)24(28)26-15-18-4-3-5-21(25)14-18/h3-5,7-10,13-14,16H,6,11-12,15H2,1-2H3,(H,26,28)/t16-/m1/s1. The van der Waals surface area contributed by atoms with Crippen molar-refractivity contribution in [3.05, 3.63) is 88.5 Å². The first-order chi connectivity index (χ1) is 13.5. The third kappa shape index (κ3) is 3.72. The van der Waals surface area contributed by atoms with Crippen LogP contribution in [-0.4, -0.2) is 10.5 Å². The minimum absolute atomic E-state index is 0.157. The summed E-state index contributed by atoms with van der Waals surface area (Å²) in [6.45, 7) is 4.76. The zero-order chi connectivity index (χ0) is 19.7. The number of carbonyl (C=O) groups is 1. The molecule has 3 aromatic rings. The average molecular weight is 376 g/mol. The molecule has 4 rings (SSSR count). The van der Waals surface area contributed by atoms with E-state index in [0.717, 1.165) is 30.0 Å². The summed E-state index contributed by atoms with van der Waals surface area (Å²) in [7, 11) is 0. The number of fused-ring (bicyclic) bond motifs is 1. The van der Waals surface area contributed by atoms with E-state index < -0.39 is 0 Å². The molecule has 1 amide bonds. The molecule has 144 valence electrons. The van der Waals surface area contributed by atoms with E-state index in [1.54, 1.807) is 12.1 Å². The Morgan fingerprint density at radius 2 is 1.96 bits per heavy atom. The van der Waals surface area contributed by atoms with E-state index in [9.17, 15) is 9.18 Å². The number of hydrogen-bond acceptors (Lipinski definition) is 1. The highest BCUT2D eigenvalue weighted by molar-refractivity contribution is 5.94. The smallest absolute Gasteiger partial charge is 0.251 e. The Kier molecular flexibility index (Phi) is 5.03. The van der Waals surface area contributed by atoms with Crippen molar-refractivity contribution in [2.45, 2.75) is 39.7 Å². The van der Waals surface area contributed by atoms with E-state index in [1.165, 1.54) is 35.5 Å². The number of aromatic nitrogens is 1. The van der Waals surface area contributed by atoms with Crippen molar-refractivity contribution in [2.75, 3.05) is 0 Å². The fraction of sp³-hybridized carbons (Fsp3) is 0.292. The molecule has 28 heavy (non-hydrogen) atoms. The maximum Gasteiger partial charge on any atom is 0.251 e. The number of amides is 1. The third-order valence-electron chi connectivity index (χ3n) is 5.55. The maximum absolute atomic E-state index is 13.3. The molecule has 1 N–H and O–H groups in total. The van der Waals surface area contributed by atoms with Gasteiger partial charge < -0.3 is 9.88 Å². The number of benzene rings is 2. The van der Waals surface area contributed by atoms with Gasteiger partial charge in [0, 0.05) is 29.2 Å². The van der Waals surface area contributed by atoms with Crippen LogP contribution in [0.4, 0.5) is 4.39 Å². The molecule has 0 bridgehead atoms. The van der Waals surface area contributed by atoms with Crippen LogP contribution in [0.3, 0.4) is 0 Å². The Labute approximate surface area is 165 Å². The van der Waals surface area contributed by atoms with E-state index in [4.69, 9.17) is 0 Å². The van der Waals surface area contributed by atoms with Gasteiger partial charge in [-0.15, -0.1) is 0 Å². The molecular weight excluding hydrogens is 351 g/mol. The fourth-order valence-electron chi connectivity index (χ4n) is 4.12. The van der Waals surface area contributed by atoms with Crippen molar-refractivity contribution in [3.8, 4) is 5.69 Å². The molecule has 1 aliphatic rings. The van der Waals surface area contributed by atoms with Gasteiger partial charge in [-0.1, -0.05) is 19.1 Å². The molecule has 1 atom stereocenters. The zero-order valence-corrected chi connectivity index (χ0v) is 16.3. The van der Waals surface area contributed by atoms with E-state index in [2.05, 4.69) is 29.8 Å². The quantitative estimate of drug-likeness (QED) is 0.685. The van der Waals surface area contributed by atoms with Crippen molar-refractivity contribution in [1.82, 2.24) is 9.88 Å². The summed E-state index contributed by atoms with van der Waals surface area (Å²) in [5, 5.41) is 2.85. The number of hydrogen-bond donors (Lipinski definition) is 1. The van der Waals surface area contributed by atoms with Crippen LogP contribution < -0.4 is 5.32 Å². The van der Waals surface area contributed by atoms with E-state index in [-0.39, 0.29) is 11.7 Å². The summed E-state index contributed by atoms with van der Waals surface area (Å²) in [5.41, 5.74) is 6.53. The van der Waals surface area contributed by atoms with Gasteiger partial charge in [-0.05, 0) is 85.7 Å². The minimum atomic E-state index is -0.295. The lowest BCUT2D eigenvalue weighted by molar-refractivity contribution is 0.0951. The number of carbonyl (C=O) groups excluding carboxylic acids is 1. The van der Waals surface area contributed by atoms with Crippen molar-refractivity contribution in [3.63, 3.8) is 0 Å². The Morgan fingerprint density at radius 1 is 1.18 bits per heavy atom. The summed E-state index contributed by atoms with van der Waals surface area (Å²) in [6.07, 6.45) is 3.46. The van der Waals surface area contributed by atoms with Crippen LogP contribution in [0.2, 0.25) is 0 Å². The molecule has 0 saturated heterocycles. The van der Waals surface area contributed by atoms with Crippen molar-refractivity contribution < 1.29 is 9.18 Å². The average Bonchev–Trinajstić information content (AvgIpc) is 3.01. The number of rotatable bonds is 4. The zero-order valence-electron chi connectivity index (χ0n) is 16.3. The largest absolute Gasteiger partial charge is 0.348 e. The van der Waals surface area contributed by atoms with Gasteiger partial charge in [-0.25, -0.2) is 4.39 Å². The van der Waals surface area contributed by atoms with Crippen LogP contribution >= 0.6 is 0 Å². The van der Waals surface area contributed by atoms with Crippen LogP contribution in [0.15, 0.2) is 54.6 Å². The highest BCUT2D eigenvalue weighted by Gasteiger charge is 2.21. The van der Waals surface area contributed by atoms with Crippen LogP contribution in [0.1, 0.15) is 46.2 Å². The predicted octanol–water partition coefficient (Wildman–Crippen LogP) is 4.98. The first kappa shape index (κ1) is 18.5. The summed E-state index contributed by atoms with van der Waals surface area (Å²) >= 11 is 0.